The maximum atomic E-state index is 11.8. The fraction of sp³-hybridized carbons (Fsp3) is 0.222. The molecule has 1 fully saturated rings. The summed E-state index contributed by atoms with van der Waals surface area (Å²) < 4.78 is 0. The van der Waals surface area contributed by atoms with Gasteiger partial charge < -0.3 is 0 Å². The lowest BCUT2D eigenvalue weighted by Gasteiger charge is -2.18. The molecule has 0 aliphatic heterocycles. The molecule has 19 heavy (non-hydrogen) atoms. The number of hydrogen-bond donors (Lipinski definition) is 0. The van der Waals surface area contributed by atoms with Crippen LogP contribution < -0.4 is 0 Å². The van der Waals surface area contributed by atoms with E-state index in [0.29, 0.717) is 0 Å². The number of benzene rings is 1. The summed E-state index contributed by atoms with van der Waals surface area (Å²) in [7, 11) is 0. The predicted molar refractivity (Wildman–Crippen MR) is 79.6 cm³/mol. The molecule has 1 aromatic carbocycles. The second kappa shape index (κ2) is 5.73. The molecule has 0 heterocycles. The van der Waals surface area contributed by atoms with Crippen molar-refractivity contribution in [2.45, 2.75) is 26.2 Å². The third-order valence-corrected chi connectivity index (χ3v) is 3.15. The summed E-state index contributed by atoms with van der Waals surface area (Å²) in [6, 6.07) is 8.34. The number of carbonyl (C=O) groups excluding carboxylic acids is 1. The van der Waals surface area contributed by atoms with Crippen LogP contribution in [0.2, 0.25) is 0 Å². The van der Waals surface area contributed by atoms with Gasteiger partial charge in [-0.15, -0.1) is 0 Å². The van der Waals surface area contributed by atoms with Crippen LogP contribution in [0.3, 0.4) is 0 Å². The average molecular weight is 251 g/mol. The van der Waals surface area contributed by atoms with Crippen molar-refractivity contribution in [3.8, 4) is 0 Å². The van der Waals surface area contributed by atoms with Crippen LogP contribution in [0.5, 0.6) is 0 Å². The summed E-state index contributed by atoms with van der Waals surface area (Å²) >= 11 is 0. The van der Waals surface area contributed by atoms with Crippen molar-refractivity contribution >= 4 is 11.9 Å². The molecule has 0 amide bonds. The highest BCUT2D eigenvalue weighted by molar-refractivity contribution is 6.07. The molecule has 0 spiro atoms. The van der Waals surface area contributed by atoms with Crippen LogP contribution in [0, 0.1) is 31.6 Å². The number of hydrogen-bond acceptors (Lipinski definition) is 1. The molecular weight excluding hydrogens is 232 g/mol. The summed E-state index contributed by atoms with van der Waals surface area (Å²) in [5.74, 6) is 0.785. The third kappa shape index (κ3) is 3.79. The molecule has 0 aromatic heterocycles. The van der Waals surface area contributed by atoms with Gasteiger partial charge in [0.1, 0.15) is 0 Å². The van der Waals surface area contributed by atoms with Crippen LogP contribution in [-0.4, -0.2) is 5.78 Å². The van der Waals surface area contributed by atoms with Gasteiger partial charge >= 0.3 is 0 Å². The molecule has 0 saturated heterocycles. The normalized spacial score (nSPS) is 17.2. The van der Waals surface area contributed by atoms with E-state index in [1.807, 2.05) is 31.8 Å². The first-order valence-electron chi connectivity index (χ1n) is 6.51. The fourth-order valence-corrected chi connectivity index (χ4v) is 1.90. The Labute approximate surface area is 116 Å². The SMILES string of the molecule is CC(C)(C)c1ccc(/C=C/C(=O)[C]2[CH][CH][CH][CH]2)cc1. The molecule has 2 rings (SSSR count). The number of ketones is 1. The summed E-state index contributed by atoms with van der Waals surface area (Å²) in [5.41, 5.74) is 2.51. The first kappa shape index (κ1) is 14.0. The van der Waals surface area contributed by atoms with Gasteiger partial charge in [0.25, 0.3) is 0 Å². The highest BCUT2D eigenvalue weighted by atomic mass is 16.1. The lowest BCUT2D eigenvalue weighted by molar-refractivity contribution is -0.112. The van der Waals surface area contributed by atoms with E-state index in [1.165, 1.54) is 5.56 Å². The molecule has 0 N–H and O–H groups in total. The van der Waals surface area contributed by atoms with Gasteiger partial charge in [-0.2, -0.15) is 0 Å². The highest BCUT2D eigenvalue weighted by Crippen LogP contribution is 2.25. The van der Waals surface area contributed by atoms with Crippen molar-refractivity contribution in [1.29, 1.82) is 0 Å². The zero-order valence-electron chi connectivity index (χ0n) is 11.7. The van der Waals surface area contributed by atoms with E-state index < -0.39 is 0 Å². The maximum absolute atomic E-state index is 11.8. The lowest BCUT2D eigenvalue weighted by atomic mass is 9.86. The van der Waals surface area contributed by atoms with Crippen LogP contribution in [0.15, 0.2) is 30.3 Å². The second-order valence-corrected chi connectivity index (χ2v) is 5.74. The third-order valence-electron chi connectivity index (χ3n) is 3.15. The minimum atomic E-state index is 0.0462. The van der Waals surface area contributed by atoms with Crippen molar-refractivity contribution in [1.82, 2.24) is 0 Å². The van der Waals surface area contributed by atoms with Crippen LogP contribution in [0.4, 0.5) is 0 Å². The molecule has 1 heteroatoms. The predicted octanol–water partition coefficient (Wildman–Crippen LogP) is 3.97. The maximum Gasteiger partial charge on any atom is 0.163 e. The zero-order valence-corrected chi connectivity index (χ0v) is 11.7. The van der Waals surface area contributed by atoms with E-state index >= 15 is 0 Å². The lowest BCUT2D eigenvalue weighted by Crippen LogP contribution is -2.10. The standard InChI is InChI=1S/C18H19O/c1-18(2,3)16-11-8-14(9-12-16)10-13-17(19)15-6-4-5-7-15/h4-13H,1-3H3/b13-10+. The fourth-order valence-electron chi connectivity index (χ4n) is 1.90. The number of carbonyl (C=O) groups is 1. The smallest absolute Gasteiger partial charge is 0.163 e. The number of allylic oxidation sites excluding steroid dienone is 1. The summed E-state index contributed by atoms with van der Waals surface area (Å²) in [4.78, 5) is 11.8. The van der Waals surface area contributed by atoms with Crippen molar-refractivity contribution in [3.05, 3.63) is 73.1 Å². The Kier molecular flexibility index (Phi) is 4.24. The van der Waals surface area contributed by atoms with Crippen LogP contribution in [-0.2, 0) is 10.2 Å². The topological polar surface area (TPSA) is 17.1 Å². The first-order valence-corrected chi connectivity index (χ1v) is 6.51. The molecule has 1 aromatic rings. The Morgan fingerprint density at radius 1 is 1.00 bits per heavy atom. The van der Waals surface area contributed by atoms with E-state index in [9.17, 15) is 4.79 Å². The van der Waals surface area contributed by atoms with Gasteiger partial charge in [-0.3, -0.25) is 4.79 Å². The molecule has 0 atom stereocenters. The van der Waals surface area contributed by atoms with E-state index in [2.05, 4.69) is 45.0 Å². The second-order valence-electron chi connectivity index (χ2n) is 5.74. The van der Waals surface area contributed by atoms with E-state index in [-0.39, 0.29) is 11.2 Å². The van der Waals surface area contributed by atoms with Gasteiger partial charge in [0.2, 0.25) is 0 Å². The van der Waals surface area contributed by atoms with Crippen LogP contribution in [0.1, 0.15) is 31.9 Å². The van der Waals surface area contributed by atoms with Crippen LogP contribution in [0.25, 0.3) is 6.08 Å². The van der Waals surface area contributed by atoms with Gasteiger partial charge in [-0.1, -0.05) is 51.1 Å². The Morgan fingerprint density at radius 3 is 2.11 bits per heavy atom. The molecule has 1 aliphatic carbocycles. The Hall–Kier alpha value is -1.37. The van der Waals surface area contributed by atoms with Crippen molar-refractivity contribution in [2.24, 2.45) is 0 Å². The van der Waals surface area contributed by atoms with Crippen molar-refractivity contribution < 1.29 is 4.79 Å². The molecule has 0 unspecified atom stereocenters. The molecular formula is C18H19O. The highest BCUT2D eigenvalue weighted by Gasteiger charge is 2.22. The number of rotatable bonds is 3. The van der Waals surface area contributed by atoms with E-state index in [4.69, 9.17) is 0 Å². The summed E-state index contributed by atoms with van der Waals surface area (Å²) in [6.45, 7) is 6.57. The minimum Gasteiger partial charge on any atom is -0.294 e. The molecule has 0 bridgehead atoms. The monoisotopic (exact) mass is 251 g/mol. The van der Waals surface area contributed by atoms with Crippen molar-refractivity contribution in [2.75, 3.05) is 0 Å². The Balaban J connectivity index is 2.01. The molecule has 97 valence electrons. The summed E-state index contributed by atoms with van der Waals surface area (Å²) in [6.07, 6.45) is 10.9. The van der Waals surface area contributed by atoms with Gasteiger partial charge in [0, 0.05) is 0 Å². The average Bonchev–Trinajstić information content (AvgIpc) is 2.89. The van der Waals surface area contributed by atoms with Gasteiger partial charge in [-0.05, 0) is 48.3 Å². The Morgan fingerprint density at radius 2 is 1.58 bits per heavy atom. The van der Waals surface area contributed by atoms with Gasteiger partial charge in [0.15, 0.2) is 5.78 Å². The van der Waals surface area contributed by atoms with Crippen LogP contribution >= 0.6 is 0 Å². The molecule has 1 aliphatic rings. The van der Waals surface area contributed by atoms with Gasteiger partial charge in [-0.25, -0.2) is 0 Å². The quantitative estimate of drug-likeness (QED) is 0.743. The zero-order chi connectivity index (χ0) is 13.9. The Bertz CT molecular complexity index is 453. The first-order chi connectivity index (χ1) is 8.97. The molecule has 1 nitrogen and oxygen atoms in total. The van der Waals surface area contributed by atoms with Gasteiger partial charge in [0.05, 0.1) is 5.92 Å². The largest absolute Gasteiger partial charge is 0.294 e. The van der Waals surface area contributed by atoms with E-state index in [1.54, 1.807) is 6.08 Å². The van der Waals surface area contributed by atoms with Crippen molar-refractivity contribution in [3.63, 3.8) is 0 Å². The van der Waals surface area contributed by atoms with E-state index in [0.717, 1.165) is 11.5 Å². The summed E-state index contributed by atoms with van der Waals surface area (Å²) in [5, 5.41) is 0. The minimum absolute atomic E-state index is 0.0462. The molecule has 5 radical (unpaired) electrons. The molecule has 1 saturated carbocycles.